The molecule has 6 heteroatoms. The first-order valence-electron chi connectivity index (χ1n) is 6.08. The number of carbonyl (C=O) groups is 1. The van der Waals surface area contributed by atoms with Crippen molar-refractivity contribution in [1.82, 2.24) is 5.32 Å². The van der Waals surface area contributed by atoms with Crippen molar-refractivity contribution >= 4 is 5.91 Å². The zero-order valence-electron chi connectivity index (χ0n) is 11.3. The molecule has 0 aromatic heterocycles. The van der Waals surface area contributed by atoms with E-state index in [1.54, 1.807) is 0 Å². The van der Waals surface area contributed by atoms with Crippen LogP contribution in [-0.2, 0) is 9.53 Å². The summed E-state index contributed by atoms with van der Waals surface area (Å²) >= 11 is 0. The average Bonchev–Trinajstić information content (AvgIpc) is 2.23. The minimum Gasteiger partial charge on any atom is -0.394 e. The van der Waals surface area contributed by atoms with Crippen LogP contribution in [0.25, 0.3) is 0 Å². The van der Waals surface area contributed by atoms with Crippen LogP contribution in [0, 0.1) is 5.41 Å². The number of hydrogen-bond donors (Lipinski definition) is 4. The van der Waals surface area contributed by atoms with E-state index in [0.717, 1.165) is 0 Å². The van der Waals surface area contributed by atoms with E-state index in [2.05, 4.69) is 5.32 Å². The van der Waals surface area contributed by atoms with E-state index in [1.807, 2.05) is 20.8 Å². The maximum atomic E-state index is 11.2. The highest BCUT2D eigenvalue weighted by atomic mass is 16.5. The monoisotopic (exact) mass is 261 g/mol. The number of ether oxygens (including phenoxy) is 1. The standard InChI is InChI=1S/C12H23NO5/c1-6(15)13-8-10(17)9(16)7(5-14)18-11(8)12(2,3)4/h7-11,14,16-17H,5H2,1-4H3,(H,13,15)/t7?,8?,9-,10-,11-/m1/s1. The van der Waals surface area contributed by atoms with Gasteiger partial charge in [-0.2, -0.15) is 0 Å². The minimum absolute atomic E-state index is 0.299. The fourth-order valence-electron chi connectivity index (χ4n) is 2.25. The van der Waals surface area contributed by atoms with Crippen LogP contribution in [0.1, 0.15) is 27.7 Å². The fourth-order valence-corrected chi connectivity index (χ4v) is 2.25. The van der Waals surface area contributed by atoms with Gasteiger partial charge in [0.1, 0.15) is 18.3 Å². The molecule has 18 heavy (non-hydrogen) atoms. The second kappa shape index (κ2) is 5.52. The van der Waals surface area contributed by atoms with E-state index in [0.29, 0.717) is 0 Å². The molecule has 0 aromatic rings. The predicted molar refractivity (Wildman–Crippen MR) is 64.8 cm³/mol. The molecule has 2 unspecified atom stereocenters. The molecular formula is C12H23NO5. The Morgan fingerprint density at radius 2 is 1.83 bits per heavy atom. The summed E-state index contributed by atoms with van der Waals surface area (Å²) in [6.07, 6.45) is -3.71. The summed E-state index contributed by atoms with van der Waals surface area (Å²) in [5.74, 6) is -0.299. The maximum absolute atomic E-state index is 11.2. The third-order valence-electron chi connectivity index (χ3n) is 3.15. The molecule has 0 saturated carbocycles. The molecule has 1 aliphatic heterocycles. The maximum Gasteiger partial charge on any atom is 0.217 e. The van der Waals surface area contributed by atoms with E-state index >= 15 is 0 Å². The number of carbonyl (C=O) groups excluding carboxylic acids is 1. The van der Waals surface area contributed by atoms with Gasteiger partial charge in [0, 0.05) is 6.92 Å². The van der Waals surface area contributed by atoms with Gasteiger partial charge >= 0.3 is 0 Å². The first-order valence-corrected chi connectivity index (χ1v) is 6.08. The molecule has 0 radical (unpaired) electrons. The second-order valence-corrected chi connectivity index (χ2v) is 5.85. The van der Waals surface area contributed by atoms with Crippen molar-refractivity contribution < 1.29 is 24.9 Å². The lowest BCUT2D eigenvalue weighted by atomic mass is 9.78. The number of aliphatic hydroxyl groups is 3. The summed E-state index contributed by atoms with van der Waals surface area (Å²) in [4.78, 5) is 11.2. The van der Waals surface area contributed by atoms with E-state index in [9.17, 15) is 15.0 Å². The van der Waals surface area contributed by atoms with Gasteiger partial charge < -0.3 is 25.4 Å². The van der Waals surface area contributed by atoms with Gasteiger partial charge in [-0.3, -0.25) is 4.79 Å². The molecule has 106 valence electrons. The Kier molecular flexibility index (Phi) is 4.72. The Labute approximate surface area is 107 Å². The van der Waals surface area contributed by atoms with Gasteiger partial charge in [-0.15, -0.1) is 0 Å². The van der Waals surface area contributed by atoms with Gasteiger partial charge in [0.25, 0.3) is 0 Å². The van der Waals surface area contributed by atoms with Gasteiger partial charge in [0.05, 0.1) is 18.8 Å². The number of aliphatic hydroxyl groups excluding tert-OH is 3. The van der Waals surface area contributed by atoms with E-state index in [4.69, 9.17) is 9.84 Å². The summed E-state index contributed by atoms with van der Waals surface area (Å²) in [7, 11) is 0. The zero-order chi connectivity index (χ0) is 14.1. The van der Waals surface area contributed by atoms with Gasteiger partial charge in [-0.25, -0.2) is 0 Å². The Balaban J connectivity index is 2.98. The van der Waals surface area contributed by atoms with E-state index in [1.165, 1.54) is 6.92 Å². The highest BCUT2D eigenvalue weighted by Gasteiger charge is 2.48. The number of rotatable bonds is 2. The van der Waals surface area contributed by atoms with Crippen LogP contribution < -0.4 is 5.32 Å². The Hall–Kier alpha value is -0.690. The second-order valence-electron chi connectivity index (χ2n) is 5.85. The number of amides is 1. The Bertz CT molecular complexity index is 301. The molecule has 0 aliphatic carbocycles. The van der Waals surface area contributed by atoms with Crippen LogP contribution in [0.4, 0.5) is 0 Å². The summed E-state index contributed by atoms with van der Waals surface area (Å²) in [6.45, 7) is 6.69. The van der Waals surface area contributed by atoms with Gasteiger partial charge in [0.2, 0.25) is 5.91 Å². The summed E-state index contributed by atoms with van der Waals surface area (Å²) in [5.41, 5.74) is -0.346. The molecule has 1 rings (SSSR count). The molecule has 0 bridgehead atoms. The largest absolute Gasteiger partial charge is 0.394 e. The molecular weight excluding hydrogens is 238 g/mol. The van der Waals surface area contributed by atoms with Crippen LogP contribution in [0.5, 0.6) is 0 Å². The lowest BCUT2D eigenvalue weighted by Gasteiger charge is -2.47. The van der Waals surface area contributed by atoms with Crippen molar-refractivity contribution in [1.29, 1.82) is 0 Å². The fraction of sp³-hybridized carbons (Fsp3) is 0.917. The van der Waals surface area contributed by atoms with Crippen molar-refractivity contribution in [3.63, 3.8) is 0 Å². The van der Waals surface area contributed by atoms with Crippen LogP contribution >= 0.6 is 0 Å². The van der Waals surface area contributed by atoms with Crippen LogP contribution in [0.3, 0.4) is 0 Å². The van der Waals surface area contributed by atoms with Crippen molar-refractivity contribution in [3.8, 4) is 0 Å². The van der Waals surface area contributed by atoms with Gasteiger partial charge in [0.15, 0.2) is 0 Å². The highest BCUT2D eigenvalue weighted by molar-refractivity contribution is 5.73. The molecule has 5 atom stereocenters. The first kappa shape index (κ1) is 15.4. The molecule has 4 N–H and O–H groups in total. The molecule has 0 aromatic carbocycles. The van der Waals surface area contributed by atoms with Crippen LogP contribution in [-0.4, -0.2) is 58.3 Å². The Morgan fingerprint density at radius 1 is 1.28 bits per heavy atom. The lowest BCUT2D eigenvalue weighted by Crippen LogP contribution is -2.66. The molecule has 1 aliphatic rings. The minimum atomic E-state index is -1.22. The van der Waals surface area contributed by atoms with Crippen LogP contribution in [0.2, 0.25) is 0 Å². The Morgan fingerprint density at radius 3 is 2.22 bits per heavy atom. The highest BCUT2D eigenvalue weighted by Crippen LogP contribution is 2.32. The molecule has 1 fully saturated rings. The topological polar surface area (TPSA) is 99.0 Å². The van der Waals surface area contributed by atoms with E-state index in [-0.39, 0.29) is 17.9 Å². The quantitative estimate of drug-likeness (QED) is 0.512. The number of hydrogen-bond acceptors (Lipinski definition) is 5. The molecule has 1 saturated heterocycles. The summed E-state index contributed by atoms with van der Waals surface area (Å²) in [6, 6.07) is -0.694. The van der Waals surface area contributed by atoms with E-state index < -0.39 is 30.5 Å². The SMILES string of the molecule is CC(=O)NC1[C@@H](O)[C@H](O)C(CO)O[C@H]1C(C)(C)C. The molecule has 6 nitrogen and oxygen atoms in total. The lowest BCUT2D eigenvalue weighted by molar-refractivity contribution is -0.216. The normalized spacial score (nSPS) is 37.4. The third-order valence-corrected chi connectivity index (χ3v) is 3.15. The molecule has 1 heterocycles. The van der Waals surface area contributed by atoms with Crippen molar-refractivity contribution in [3.05, 3.63) is 0 Å². The molecule has 1 amide bonds. The van der Waals surface area contributed by atoms with Crippen molar-refractivity contribution in [2.24, 2.45) is 5.41 Å². The molecule has 0 spiro atoms. The van der Waals surface area contributed by atoms with Crippen LogP contribution in [0.15, 0.2) is 0 Å². The third kappa shape index (κ3) is 3.20. The first-order chi connectivity index (χ1) is 8.18. The average molecular weight is 261 g/mol. The summed E-state index contributed by atoms with van der Waals surface area (Å²) in [5, 5.41) is 31.6. The summed E-state index contributed by atoms with van der Waals surface area (Å²) < 4.78 is 5.62. The van der Waals surface area contributed by atoms with Gasteiger partial charge in [-0.05, 0) is 5.41 Å². The van der Waals surface area contributed by atoms with Crippen molar-refractivity contribution in [2.75, 3.05) is 6.61 Å². The van der Waals surface area contributed by atoms with Crippen molar-refractivity contribution in [2.45, 2.75) is 58.2 Å². The number of nitrogens with one attached hydrogen (secondary N) is 1. The zero-order valence-corrected chi connectivity index (χ0v) is 11.3. The van der Waals surface area contributed by atoms with Gasteiger partial charge in [-0.1, -0.05) is 20.8 Å². The predicted octanol–water partition coefficient (Wildman–Crippen LogP) is -0.981. The smallest absolute Gasteiger partial charge is 0.217 e.